The number of rotatable bonds is 2. The Hall–Kier alpha value is -1.02. The number of nitrogens with zero attached hydrogens (tertiary/aromatic N) is 2. The lowest BCUT2D eigenvalue weighted by Crippen LogP contribution is -2.43. The number of likely N-dealkylation sites (tertiary alicyclic amines) is 1. The van der Waals surface area contributed by atoms with Gasteiger partial charge in [-0.15, -0.1) is 0 Å². The second kappa shape index (κ2) is 6.12. The zero-order chi connectivity index (χ0) is 16.7. The number of sulfonamides is 1. The minimum atomic E-state index is -3.71. The van der Waals surface area contributed by atoms with Gasteiger partial charge < -0.3 is 9.64 Å². The van der Waals surface area contributed by atoms with Gasteiger partial charge in [-0.3, -0.25) is 0 Å². The van der Waals surface area contributed by atoms with Gasteiger partial charge in [0.2, 0.25) is 10.0 Å². The molecule has 0 aliphatic carbocycles. The molecule has 1 aromatic rings. The van der Waals surface area contributed by atoms with Gasteiger partial charge in [-0.05, 0) is 44.6 Å². The molecule has 1 unspecified atom stereocenters. The van der Waals surface area contributed by atoms with Crippen LogP contribution in [0.4, 0.5) is 4.39 Å². The van der Waals surface area contributed by atoms with Gasteiger partial charge in [0.1, 0.15) is 5.82 Å². The average Bonchev–Trinajstić information content (AvgIpc) is 2.72. The lowest BCUT2D eigenvalue weighted by Gasteiger charge is -2.31. The molecule has 0 saturated carbocycles. The van der Waals surface area contributed by atoms with Crippen LogP contribution < -0.4 is 0 Å². The summed E-state index contributed by atoms with van der Waals surface area (Å²) in [4.78, 5) is 2.22. The fourth-order valence-corrected chi connectivity index (χ4v) is 5.00. The van der Waals surface area contributed by atoms with Gasteiger partial charge in [-0.1, -0.05) is 6.07 Å². The van der Waals surface area contributed by atoms with Crippen molar-refractivity contribution in [1.29, 1.82) is 0 Å². The van der Waals surface area contributed by atoms with Gasteiger partial charge in [0, 0.05) is 25.0 Å². The first-order valence-electron chi connectivity index (χ1n) is 7.85. The Bertz CT molecular complexity index is 695. The van der Waals surface area contributed by atoms with Crippen LogP contribution in [0, 0.1) is 18.2 Å². The Labute approximate surface area is 137 Å². The van der Waals surface area contributed by atoms with E-state index in [4.69, 9.17) is 4.74 Å². The van der Waals surface area contributed by atoms with Crippen LogP contribution in [0.15, 0.2) is 23.1 Å². The van der Waals surface area contributed by atoms with Gasteiger partial charge in [0.05, 0.1) is 18.1 Å². The molecule has 2 fully saturated rings. The Balaban J connectivity index is 1.90. The molecule has 1 atom stereocenters. The highest BCUT2D eigenvalue weighted by Gasteiger charge is 2.43. The topological polar surface area (TPSA) is 49.9 Å². The third-order valence-corrected chi connectivity index (χ3v) is 6.66. The van der Waals surface area contributed by atoms with Crippen LogP contribution >= 0.6 is 0 Å². The molecule has 2 aliphatic heterocycles. The van der Waals surface area contributed by atoms with Gasteiger partial charge in [-0.25, -0.2) is 12.8 Å². The van der Waals surface area contributed by atoms with E-state index in [-0.39, 0.29) is 10.3 Å². The molecule has 0 N–H and O–H groups in total. The fraction of sp³-hybridized carbons (Fsp3) is 0.625. The van der Waals surface area contributed by atoms with E-state index in [2.05, 4.69) is 4.90 Å². The maximum Gasteiger partial charge on any atom is 0.243 e. The quantitative estimate of drug-likeness (QED) is 0.817. The summed E-state index contributed by atoms with van der Waals surface area (Å²) in [6.07, 6.45) is 0.914. The van der Waals surface area contributed by atoms with E-state index in [1.54, 1.807) is 6.92 Å². The predicted molar refractivity (Wildman–Crippen MR) is 85.3 cm³/mol. The molecular weight excluding hydrogens is 319 g/mol. The van der Waals surface area contributed by atoms with Crippen LogP contribution in [-0.4, -0.2) is 64.1 Å². The van der Waals surface area contributed by atoms with E-state index in [1.165, 1.54) is 16.4 Å². The number of hydrogen-bond acceptors (Lipinski definition) is 4. The molecule has 2 heterocycles. The van der Waals surface area contributed by atoms with Crippen molar-refractivity contribution in [2.45, 2.75) is 18.2 Å². The summed E-state index contributed by atoms with van der Waals surface area (Å²) >= 11 is 0. The first-order valence-corrected chi connectivity index (χ1v) is 9.29. The molecule has 0 amide bonds. The van der Waals surface area contributed by atoms with Gasteiger partial charge in [0.15, 0.2) is 0 Å². The fourth-order valence-electron chi connectivity index (χ4n) is 3.45. The molecule has 23 heavy (non-hydrogen) atoms. The number of ether oxygens (including phenoxy) is 1. The van der Waals surface area contributed by atoms with Crippen molar-refractivity contribution < 1.29 is 17.5 Å². The van der Waals surface area contributed by atoms with Gasteiger partial charge in [0.25, 0.3) is 0 Å². The minimum Gasteiger partial charge on any atom is -0.379 e. The first-order chi connectivity index (χ1) is 10.8. The summed E-state index contributed by atoms with van der Waals surface area (Å²) in [5.41, 5.74) is 0.277. The summed E-state index contributed by atoms with van der Waals surface area (Å²) in [6, 6.07) is 4.10. The van der Waals surface area contributed by atoms with E-state index < -0.39 is 15.8 Å². The molecule has 128 valence electrons. The molecule has 7 heteroatoms. The third-order valence-electron chi connectivity index (χ3n) is 4.82. The summed E-state index contributed by atoms with van der Waals surface area (Å²) in [5.74, 6) is -0.493. The maximum atomic E-state index is 13.8. The lowest BCUT2D eigenvalue weighted by atomic mass is 9.88. The zero-order valence-corrected chi connectivity index (χ0v) is 14.4. The van der Waals surface area contributed by atoms with E-state index in [0.717, 1.165) is 25.6 Å². The molecule has 2 aliphatic rings. The number of hydrogen-bond donors (Lipinski definition) is 0. The molecule has 1 spiro atoms. The minimum absolute atomic E-state index is 0.0176. The Morgan fingerprint density at radius 1 is 1.26 bits per heavy atom. The molecule has 0 aromatic heterocycles. The molecule has 0 radical (unpaired) electrons. The second-order valence-corrected chi connectivity index (χ2v) is 8.73. The molecule has 5 nitrogen and oxygen atoms in total. The highest BCUT2D eigenvalue weighted by Crippen LogP contribution is 2.34. The SMILES string of the molecule is Cc1ccc(S(=O)(=O)N2CCOCC3(CCN(C)C3)C2)cc1F. The van der Waals surface area contributed by atoms with Crippen molar-refractivity contribution in [3.05, 3.63) is 29.6 Å². The Kier molecular flexibility index (Phi) is 4.48. The van der Waals surface area contributed by atoms with Crippen LogP contribution in [0.5, 0.6) is 0 Å². The highest BCUT2D eigenvalue weighted by atomic mass is 32.2. The van der Waals surface area contributed by atoms with Crippen LogP contribution in [0.2, 0.25) is 0 Å². The van der Waals surface area contributed by atoms with Crippen molar-refractivity contribution in [2.75, 3.05) is 46.4 Å². The van der Waals surface area contributed by atoms with Crippen molar-refractivity contribution in [2.24, 2.45) is 5.41 Å². The standard InChI is InChI=1S/C16H23FN2O3S/c1-13-3-4-14(9-15(13)17)23(20,21)19-7-8-22-12-16(11-19)5-6-18(2)10-16/h3-4,9H,5-8,10-12H2,1-2H3. The first kappa shape index (κ1) is 16.8. The summed E-state index contributed by atoms with van der Waals surface area (Å²) in [6.45, 7) is 5.07. The van der Waals surface area contributed by atoms with Crippen LogP contribution in [0.1, 0.15) is 12.0 Å². The summed E-state index contributed by atoms with van der Waals surface area (Å²) in [5, 5.41) is 0. The van der Waals surface area contributed by atoms with E-state index in [0.29, 0.717) is 31.9 Å². The Morgan fingerprint density at radius 2 is 2.04 bits per heavy atom. The van der Waals surface area contributed by atoms with E-state index in [1.807, 2.05) is 7.05 Å². The number of aryl methyl sites for hydroxylation is 1. The zero-order valence-electron chi connectivity index (χ0n) is 13.6. The normalized spacial score (nSPS) is 27.4. The smallest absolute Gasteiger partial charge is 0.243 e. The molecule has 2 saturated heterocycles. The molecule has 3 rings (SSSR count). The summed E-state index contributed by atoms with van der Waals surface area (Å²) < 4.78 is 46.8. The van der Waals surface area contributed by atoms with Crippen LogP contribution in [-0.2, 0) is 14.8 Å². The van der Waals surface area contributed by atoms with Gasteiger partial charge in [-0.2, -0.15) is 4.31 Å². The molecule has 0 bridgehead atoms. The predicted octanol–water partition coefficient (Wildman–Crippen LogP) is 1.48. The van der Waals surface area contributed by atoms with Gasteiger partial charge >= 0.3 is 0 Å². The lowest BCUT2D eigenvalue weighted by molar-refractivity contribution is 0.0744. The summed E-state index contributed by atoms with van der Waals surface area (Å²) in [7, 11) is -1.68. The van der Waals surface area contributed by atoms with Crippen LogP contribution in [0.3, 0.4) is 0 Å². The maximum absolute atomic E-state index is 13.8. The van der Waals surface area contributed by atoms with Crippen molar-refractivity contribution in [3.8, 4) is 0 Å². The van der Waals surface area contributed by atoms with Crippen molar-refractivity contribution in [3.63, 3.8) is 0 Å². The number of benzene rings is 1. The van der Waals surface area contributed by atoms with E-state index in [9.17, 15) is 12.8 Å². The molecular formula is C16H23FN2O3S. The van der Waals surface area contributed by atoms with Crippen LogP contribution in [0.25, 0.3) is 0 Å². The largest absolute Gasteiger partial charge is 0.379 e. The van der Waals surface area contributed by atoms with E-state index >= 15 is 0 Å². The highest BCUT2D eigenvalue weighted by molar-refractivity contribution is 7.89. The number of halogens is 1. The van der Waals surface area contributed by atoms with Crippen molar-refractivity contribution >= 4 is 10.0 Å². The average molecular weight is 342 g/mol. The monoisotopic (exact) mass is 342 g/mol. The van der Waals surface area contributed by atoms with Crippen molar-refractivity contribution in [1.82, 2.24) is 9.21 Å². The molecule has 1 aromatic carbocycles. The third kappa shape index (κ3) is 3.28. The second-order valence-electron chi connectivity index (χ2n) is 6.79. The Morgan fingerprint density at radius 3 is 2.70 bits per heavy atom.